The quantitative estimate of drug-likeness (QED) is 0.640. The van der Waals surface area contributed by atoms with Crippen LogP contribution in [0.5, 0.6) is 0 Å². The molecule has 0 aromatic carbocycles. The fourth-order valence-corrected chi connectivity index (χ4v) is 3.32. The summed E-state index contributed by atoms with van der Waals surface area (Å²) in [7, 11) is -0.508. The van der Waals surface area contributed by atoms with Crippen LogP contribution in [0.4, 0.5) is 5.95 Å². The van der Waals surface area contributed by atoms with E-state index in [0.29, 0.717) is 25.6 Å². The Kier molecular flexibility index (Phi) is 5.68. The molecule has 1 aromatic heterocycles. The molecule has 0 radical (unpaired) electrons. The maximum atomic E-state index is 12.1. The standard InChI is InChI=1S/C18H29BN4O5/c1-12-10-22(15(26)14(25)11-24)6-7-23(12)16-20-8-13(9-21-16)19-27-17(2,3)18(4,5)28-19/h8-9,12,14,24-25H,6-7,10-11H2,1-5H3/t12-,14+/m1/s1. The van der Waals surface area contributed by atoms with Crippen LogP contribution in [0.3, 0.4) is 0 Å². The Morgan fingerprint density at radius 2 is 1.82 bits per heavy atom. The van der Waals surface area contributed by atoms with Crippen LogP contribution in [-0.4, -0.2) is 87.7 Å². The molecule has 1 amide bonds. The van der Waals surface area contributed by atoms with Gasteiger partial charge in [0.1, 0.15) is 0 Å². The van der Waals surface area contributed by atoms with E-state index < -0.39 is 36.9 Å². The molecule has 154 valence electrons. The summed E-state index contributed by atoms with van der Waals surface area (Å²) in [4.78, 5) is 24.6. The monoisotopic (exact) mass is 392 g/mol. The number of hydrogen-bond donors (Lipinski definition) is 2. The summed E-state index contributed by atoms with van der Waals surface area (Å²) in [6, 6.07) is -0.0220. The number of aromatic nitrogens is 2. The maximum absolute atomic E-state index is 12.1. The van der Waals surface area contributed by atoms with E-state index in [1.165, 1.54) is 0 Å². The predicted molar refractivity (Wildman–Crippen MR) is 104 cm³/mol. The Labute approximate surface area is 165 Å². The topological polar surface area (TPSA) is 108 Å². The summed E-state index contributed by atoms with van der Waals surface area (Å²) in [5.74, 6) is 0.119. The molecule has 2 aliphatic heterocycles. The predicted octanol–water partition coefficient (Wildman–Crippen LogP) is -0.834. The second kappa shape index (κ2) is 7.59. The first-order chi connectivity index (χ1) is 13.1. The van der Waals surface area contributed by atoms with Gasteiger partial charge in [-0.25, -0.2) is 9.97 Å². The van der Waals surface area contributed by atoms with Crippen molar-refractivity contribution in [2.24, 2.45) is 0 Å². The molecule has 3 heterocycles. The number of rotatable bonds is 4. The number of aliphatic hydroxyl groups excluding tert-OH is 2. The zero-order valence-corrected chi connectivity index (χ0v) is 17.1. The van der Waals surface area contributed by atoms with Crippen molar-refractivity contribution in [2.45, 2.75) is 58.0 Å². The fraction of sp³-hybridized carbons (Fsp3) is 0.722. The van der Waals surface area contributed by atoms with Gasteiger partial charge in [0.15, 0.2) is 6.10 Å². The van der Waals surface area contributed by atoms with Crippen LogP contribution in [0.1, 0.15) is 34.6 Å². The lowest BCUT2D eigenvalue weighted by Gasteiger charge is -2.40. The summed E-state index contributed by atoms with van der Waals surface area (Å²) in [5.41, 5.74) is -0.0883. The Hall–Kier alpha value is -1.75. The highest BCUT2D eigenvalue weighted by molar-refractivity contribution is 6.61. The van der Waals surface area contributed by atoms with E-state index in [1.54, 1.807) is 17.3 Å². The third kappa shape index (κ3) is 3.87. The van der Waals surface area contributed by atoms with Gasteiger partial charge in [-0.15, -0.1) is 0 Å². The Morgan fingerprint density at radius 3 is 2.32 bits per heavy atom. The van der Waals surface area contributed by atoms with E-state index in [1.807, 2.05) is 39.5 Å². The number of anilines is 1. The lowest BCUT2D eigenvalue weighted by molar-refractivity contribution is -0.142. The SMILES string of the molecule is C[C@@H]1CN(C(=O)[C@@H](O)CO)CCN1c1ncc(B2OC(C)(C)C(C)(C)O2)cn1. The van der Waals surface area contributed by atoms with Crippen LogP contribution in [0.15, 0.2) is 12.4 Å². The van der Waals surface area contributed by atoms with Crippen LogP contribution in [0.25, 0.3) is 0 Å². The maximum Gasteiger partial charge on any atom is 0.498 e. The zero-order chi connectivity index (χ0) is 20.7. The molecular weight excluding hydrogens is 363 g/mol. The molecule has 1 aromatic rings. The van der Waals surface area contributed by atoms with E-state index in [2.05, 4.69) is 9.97 Å². The van der Waals surface area contributed by atoms with Crippen molar-refractivity contribution < 1.29 is 24.3 Å². The molecule has 2 N–H and O–H groups in total. The van der Waals surface area contributed by atoms with Crippen molar-refractivity contribution in [3.05, 3.63) is 12.4 Å². The number of carbonyl (C=O) groups is 1. The first-order valence-electron chi connectivity index (χ1n) is 9.57. The Morgan fingerprint density at radius 1 is 1.25 bits per heavy atom. The van der Waals surface area contributed by atoms with Crippen LogP contribution in [-0.2, 0) is 14.1 Å². The van der Waals surface area contributed by atoms with Crippen molar-refractivity contribution >= 4 is 24.4 Å². The van der Waals surface area contributed by atoms with E-state index in [0.717, 1.165) is 5.46 Å². The van der Waals surface area contributed by atoms with Gasteiger partial charge in [0.25, 0.3) is 5.91 Å². The van der Waals surface area contributed by atoms with Crippen LogP contribution in [0.2, 0.25) is 0 Å². The van der Waals surface area contributed by atoms with Gasteiger partial charge in [-0.05, 0) is 34.6 Å². The molecule has 2 aliphatic rings. The largest absolute Gasteiger partial charge is 0.498 e. The summed E-state index contributed by atoms with van der Waals surface area (Å²) >= 11 is 0. The number of amides is 1. The highest BCUT2D eigenvalue weighted by Gasteiger charge is 2.52. The highest BCUT2D eigenvalue weighted by Crippen LogP contribution is 2.36. The van der Waals surface area contributed by atoms with Crippen molar-refractivity contribution in [3.63, 3.8) is 0 Å². The minimum atomic E-state index is -1.37. The van der Waals surface area contributed by atoms with Gasteiger partial charge < -0.3 is 29.3 Å². The number of piperazine rings is 1. The second-order valence-corrected chi connectivity index (χ2v) is 8.43. The summed E-state index contributed by atoms with van der Waals surface area (Å²) < 4.78 is 12.1. The van der Waals surface area contributed by atoms with E-state index in [4.69, 9.17) is 14.4 Å². The minimum absolute atomic E-state index is 0.0220. The minimum Gasteiger partial charge on any atom is -0.399 e. The average molecular weight is 392 g/mol. The van der Waals surface area contributed by atoms with Gasteiger partial charge >= 0.3 is 7.12 Å². The summed E-state index contributed by atoms with van der Waals surface area (Å²) in [5, 5.41) is 18.5. The molecule has 28 heavy (non-hydrogen) atoms. The van der Waals surface area contributed by atoms with Crippen molar-refractivity contribution in [1.29, 1.82) is 0 Å². The number of aliphatic hydroxyl groups is 2. The van der Waals surface area contributed by atoms with Gasteiger partial charge in [-0.1, -0.05) is 0 Å². The molecule has 0 unspecified atom stereocenters. The highest BCUT2D eigenvalue weighted by atomic mass is 16.7. The molecule has 2 fully saturated rings. The van der Waals surface area contributed by atoms with E-state index in [9.17, 15) is 9.90 Å². The molecule has 0 saturated carbocycles. The van der Waals surface area contributed by atoms with Crippen molar-refractivity contribution in [2.75, 3.05) is 31.1 Å². The molecule has 0 bridgehead atoms. The Balaban J connectivity index is 1.66. The van der Waals surface area contributed by atoms with Crippen LogP contribution >= 0.6 is 0 Å². The van der Waals surface area contributed by atoms with E-state index in [-0.39, 0.29) is 6.04 Å². The van der Waals surface area contributed by atoms with Gasteiger partial charge in [0.2, 0.25) is 5.95 Å². The van der Waals surface area contributed by atoms with Crippen molar-refractivity contribution in [1.82, 2.24) is 14.9 Å². The van der Waals surface area contributed by atoms with Crippen LogP contribution < -0.4 is 10.4 Å². The van der Waals surface area contributed by atoms with Gasteiger partial charge in [0.05, 0.1) is 17.8 Å². The van der Waals surface area contributed by atoms with Gasteiger partial charge in [-0.2, -0.15) is 0 Å². The molecular formula is C18H29BN4O5. The van der Waals surface area contributed by atoms with Gasteiger partial charge in [-0.3, -0.25) is 4.79 Å². The molecule has 3 rings (SSSR count). The fourth-order valence-electron chi connectivity index (χ4n) is 3.32. The zero-order valence-electron chi connectivity index (χ0n) is 17.1. The summed E-state index contributed by atoms with van der Waals surface area (Å²) in [6.07, 6.45) is 2.06. The number of hydrogen-bond acceptors (Lipinski definition) is 8. The third-order valence-electron chi connectivity index (χ3n) is 5.84. The summed E-state index contributed by atoms with van der Waals surface area (Å²) in [6.45, 7) is 10.8. The molecule has 2 saturated heterocycles. The smallest absolute Gasteiger partial charge is 0.399 e. The number of nitrogens with zero attached hydrogens (tertiary/aromatic N) is 4. The van der Waals surface area contributed by atoms with E-state index >= 15 is 0 Å². The molecule has 10 heteroatoms. The number of carbonyl (C=O) groups excluding carboxylic acids is 1. The van der Waals surface area contributed by atoms with Crippen LogP contribution in [0, 0.1) is 0 Å². The Bertz CT molecular complexity index is 698. The first-order valence-corrected chi connectivity index (χ1v) is 9.57. The van der Waals surface area contributed by atoms with Crippen molar-refractivity contribution in [3.8, 4) is 0 Å². The lowest BCUT2D eigenvalue weighted by atomic mass is 9.81. The van der Waals surface area contributed by atoms with Gasteiger partial charge in [0, 0.05) is 43.5 Å². The molecule has 2 atom stereocenters. The first kappa shape index (κ1) is 21.0. The third-order valence-corrected chi connectivity index (χ3v) is 5.84. The molecule has 9 nitrogen and oxygen atoms in total. The second-order valence-electron chi connectivity index (χ2n) is 8.43. The average Bonchev–Trinajstić information content (AvgIpc) is 2.88. The molecule has 0 spiro atoms. The normalized spacial score (nSPS) is 25.1. The lowest BCUT2D eigenvalue weighted by Crippen LogP contribution is -2.56. The molecule has 0 aliphatic carbocycles.